The Balaban J connectivity index is 2.07. The standard InChI is InChI=1S/C13H9N3O5/c1-7-4-8(17)6-9(5-7)20-11-3-2-10(16(18)19)12-13(11)15-21-14-12/h2-6,17H,1H3. The van der Waals surface area contributed by atoms with Crippen LogP contribution in [0, 0.1) is 17.0 Å². The first-order valence-electron chi connectivity index (χ1n) is 5.93. The summed E-state index contributed by atoms with van der Waals surface area (Å²) in [6.45, 7) is 1.80. The maximum Gasteiger partial charge on any atom is 0.301 e. The summed E-state index contributed by atoms with van der Waals surface area (Å²) < 4.78 is 10.1. The number of benzene rings is 2. The van der Waals surface area contributed by atoms with Crippen molar-refractivity contribution in [2.24, 2.45) is 0 Å². The number of phenolic OH excluding ortho intramolecular Hbond substituents is 1. The number of fused-ring (bicyclic) bond motifs is 1. The lowest BCUT2D eigenvalue weighted by Gasteiger charge is -2.07. The molecular formula is C13H9N3O5. The second-order valence-corrected chi connectivity index (χ2v) is 4.41. The predicted molar refractivity (Wildman–Crippen MR) is 71.4 cm³/mol. The van der Waals surface area contributed by atoms with Crippen molar-refractivity contribution in [3.8, 4) is 17.2 Å². The van der Waals surface area contributed by atoms with Gasteiger partial charge in [0.2, 0.25) is 5.52 Å². The van der Waals surface area contributed by atoms with Crippen LogP contribution in [0.2, 0.25) is 0 Å². The predicted octanol–water partition coefficient (Wildman–Crippen LogP) is 2.94. The number of nitrogens with zero attached hydrogens (tertiary/aromatic N) is 3. The van der Waals surface area contributed by atoms with Crippen LogP contribution in [0.1, 0.15) is 5.56 Å². The van der Waals surface area contributed by atoms with Gasteiger partial charge in [0.1, 0.15) is 11.5 Å². The number of phenols is 1. The summed E-state index contributed by atoms with van der Waals surface area (Å²) in [6.07, 6.45) is 0. The van der Waals surface area contributed by atoms with Crippen molar-refractivity contribution in [1.82, 2.24) is 10.3 Å². The van der Waals surface area contributed by atoms with E-state index in [4.69, 9.17) is 4.74 Å². The SMILES string of the molecule is Cc1cc(O)cc(Oc2ccc([N+](=O)[O-])c3nonc23)c1. The van der Waals surface area contributed by atoms with Crippen molar-refractivity contribution < 1.29 is 19.4 Å². The highest BCUT2D eigenvalue weighted by Crippen LogP contribution is 2.34. The van der Waals surface area contributed by atoms with Crippen molar-refractivity contribution in [2.75, 3.05) is 0 Å². The molecule has 0 atom stereocenters. The van der Waals surface area contributed by atoms with E-state index in [9.17, 15) is 15.2 Å². The van der Waals surface area contributed by atoms with E-state index >= 15 is 0 Å². The third kappa shape index (κ3) is 2.34. The van der Waals surface area contributed by atoms with Crippen LogP contribution in [-0.4, -0.2) is 20.3 Å². The third-order valence-electron chi connectivity index (χ3n) is 2.82. The smallest absolute Gasteiger partial charge is 0.301 e. The number of nitro benzene ring substituents is 1. The molecule has 106 valence electrons. The fourth-order valence-electron chi connectivity index (χ4n) is 1.97. The summed E-state index contributed by atoms with van der Waals surface area (Å²) in [7, 11) is 0. The van der Waals surface area contributed by atoms with E-state index in [0.717, 1.165) is 5.56 Å². The van der Waals surface area contributed by atoms with Gasteiger partial charge in [0.15, 0.2) is 11.3 Å². The van der Waals surface area contributed by atoms with Gasteiger partial charge in [0, 0.05) is 12.1 Å². The highest BCUT2D eigenvalue weighted by atomic mass is 16.6. The van der Waals surface area contributed by atoms with Crippen LogP contribution in [0.5, 0.6) is 17.2 Å². The first-order valence-corrected chi connectivity index (χ1v) is 5.93. The number of aromatic nitrogens is 2. The molecule has 0 aliphatic carbocycles. The molecular weight excluding hydrogens is 278 g/mol. The average molecular weight is 287 g/mol. The molecule has 1 N–H and O–H groups in total. The molecule has 0 amide bonds. The van der Waals surface area contributed by atoms with Gasteiger partial charge in [0.25, 0.3) is 0 Å². The van der Waals surface area contributed by atoms with Crippen LogP contribution in [-0.2, 0) is 0 Å². The first-order chi connectivity index (χ1) is 10.0. The molecule has 2 aromatic carbocycles. The molecule has 8 nitrogen and oxygen atoms in total. The number of ether oxygens (including phenoxy) is 1. The van der Waals surface area contributed by atoms with Gasteiger partial charge in [-0.25, -0.2) is 4.63 Å². The molecule has 0 saturated carbocycles. The molecule has 3 aromatic rings. The number of rotatable bonds is 3. The zero-order chi connectivity index (χ0) is 15.0. The van der Waals surface area contributed by atoms with Gasteiger partial charge in [-0.05, 0) is 41.0 Å². The Morgan fingerprint density at radius 2 is 2.00 bits per heavy atom. The first kappa shape index (κ1) is 12.9. The molecule has 0 unspecified atom stereocenters. The van der Waals surface area contributed by atoms with Gasteiger partial charge in [-0.15, -0.1) is 0 Å². The number of aryl methyl sites for hydroxylation is 1. The van der Waals surface area contributed by atoms with Gasteiger partial charge in [-0.2, -0.15) is 0 Å². The fourth-order valence-corrected chi connectivity index (χ4v) is 1.97. The highest BCUT2D eigenvalue weighted by molar-refractivity contribution is 5.88. The molecule has 0 bridgehead atoms. The lowest BCUT2D eigenvalue weighted by Crippen LogP contribution is -1.92. The highest BCUT2D eigenvalue weighted by Gasteiger charge is 2.20. The minimum atomic E-state index is -0.575. The molecule has 0 aliphatic rings. The number of nitro groups is 1. The van der Waals surface area contributed by atoms with E-state index in [1.165, 1.54) is 18.2 Å². The van der Waals surface area contributed by atoms with Crippen LogP contribution in [0.4, 0.5) is 5.69 Å². The third-order valence-corrected chi connectivity index (χ3v) is 2.82. The topological polar surface area (TPSA) is 112 Å². The van der Waals surface area contributed by atoms with E-state index in [0.29, 0.717) is 5.75 Å². The molecule has 1 aromatic heterocycles. The molecule has 0 fully saturated rings. The van der Waals surface area contributed by atoms with E-state index in [-0.39, 0.29) is 28.2 Å². The molecule has 0 saturated heterocycles. The van der Waals surface area contributed by atoms with Gasteiger partial charge < -0.3 is 9.84 Å². The zero-order valence-corrected chi connectivity index (χ0v) is 10.8. The normalized spacial score (nSPS) is 10.7. The summed E-state index contributed by atoms with van der Waals surface area (Å²) >= 11 is 0. The maximum absolute atomic E-state index is 10.9. The Hall–Kier alpha value is -3.16. The van der Waals surface area contributed by atoms with E-state index in [1.54, 1.807) is 19.1 Å². The summed E-state index contributed by atoms with van der Waals surface area (Å²) in [5, 5.41) is 27.6. The lowest BCUT2D eigenvalue weighted by atomic mass is 10.2. The minimum Gasteiger partial charge on any atom is -0.508 e. The Bertz CT molecular complexity index is 823. The minimum absolute atomic E-state index is 0.00868. The lowest BCUT2D eigenvalue weighted by molar-refractivity contribution is -0.383. The largest absolute Gasteiger partial charge is 0.508 e. The van der Waals surface area contributed by atoms with Gasteiger partial charge >= 0.3 is 5.69 Å². The molecule has 1 heterocycles. The van der Waals surface area contributed by atoms with Crippen molar-refractivity contribution in [1.29, 1.82) is 0 Å². The van der Waals surface area contributed by atoms with Crippen molar-refractivity contribution >= 4 is 16.7 Å². The molecule has 0 spiro atoms. The van der Waals surface area contributed by atoms with Crippen molar-refractivity contribution in [2.45, 2.75) is 6.92 Å². The summed E-state index contributed by atoms with van der Waals surface area (Å²) in [5.41, 5.74) is 0.742. The van der Waals surface area contributed by atoms with Crippen LogP contribution < -0.4 is 4.74 Å². The van der Waals surface area contributed by atoms with E-state index in [2.05, 4.69) is 14.9 Å². The zero-order valence-electron chi connectivity index (χ0n) is 10.8. The van der Waals surface area contributed by atoms with Gasteiger partial charge in [-0.1, -0.05) is 0 Å². The quantitative estimate of drug-likeness (QED) is 0.582. The number of hydrogen-bond donors (Lipinski definition) is 1. The van der Waals surface area contributed by atoms with Crippen molar-refractivity contribution in [3.05, 3.63) is 46.0 Å². The molecule has 8 heteroatoms. The Kier molecular flexibility index (Phi) is 2.90. The molecule has 3 rings (SSSR count). The van der Waals surface area contributed by atoms with E-state index < -0.39 is 4.92 Å². The van der Waals surface area contributed by atoms with Crippen LogP contribution >= 0.6 is 0 Å². The van der Waals surface area contributed by atoms with E-state index in [1.807, 2.05) is 0 Å². The number of hydrogen-bond acceptors (Lipinski definition) is 7. The fraction of sp³-hybridized carbons (Fsp3) is 0.0769. The van der Waals surface area contributed by atoms with Crippen molar-refractivity contribution in [3.63, 3.8) is 0 Å². The number of non-ortho nitro benzene ring substituents is 1. The summed E-state index contributed by atoms with van der Waals surface area (Å²) in [6, 6.07) is 7.38. The Morgan fingerprint density at radius 3 is 2.71 bits per heavy atom. The Morgan fingerprint density at radius 1 is 1.24 bits per heavy atom. The second kappa shape index (κ2) is 4.75. The second-order valence-electron chi connectivity index (χ2n) is 4.41. The number of aromatic hydroxyl groups is 1. The molecule has 0 radical (unpaired) electrons. The average Bonchev–Trinajstić information content (AvgIpc) is 2.86. The van der Waals surface area contributed by atoms with Crippen LogP contribution in [0.15, 0.2) is 35.0 Å². The summed E-state index contributed by atoms with van der Waals surface area (Å²) in [4.78, 5) is 10.3. The van der Waals surface area contributed by atoms with Gasteiger partial charge in [0.05, 0.1) is 4.92 Å². The van der Waals surface area contributed by atoms with Crippen LogP contribution in [0.3, 0.4) is 0 Å². The van der Waals surface area contributed by atoms with Crippen LogP contribution in [0.25, 0.3) is 11.0 Å². The maximum atomic E-state index is 10.9. The Labute approximate surface area is 117 Å². The molecule has 0 aliphatic heterocycles. The summed E-state index contributed by atoms with van der Waals surface area (Å²) in [5.74, 6) is 0.689. The molecule has 21 heavy (non-hydrogen) atoms. The van der Waals surface area contributed by atoms with Gasteiger partial charge in [-0.3, -0.25) is 10.1 Å². The monoisotopic (exact) mass is 287 g/mol.